The van der Waals surface area contributed by atoms with Crippen molar-refractivity contribution >= 4 is 23.3 Å². The number of aromatic nitrogens is 1. The van der Waals surface area contributed by atoms with Gasteiger partial charge < -0.3 is 5.41 Å². The molecule has 1 heterocycles. The van der Waals surface area contributed by atoms with Gasteiger partial charge in [-0.1, -0.05) is 13.8 Å². The molecule has 0 spiro atoms. The van der Waals surface area contributed by atoms with Gasteiger partial charge in [0.15, 0.2) is 0 Å². The third kappa shape index (κ3) is 1.76. The molecule has 3 nitrogen and oxygen atoms in total. The highest BCUT2D eigenvalue weighted by molar-refractivity contribution is 7.10. The molecule has 0 atom stereocenters. The fourth-order valence-electron chi connectivity index (χ4n) is 0.740. The molecule has 1 rings (SSSR count). The van der Waals surface area contributed by atoms with Crippen molar-refractivity contribution in [1.29, 1.82) is 5.41 Å². The SMILES string of the molecule is CC(C)c1nc(C(=O)C=N)cs1. The molecular weight excluding hydrogens is 172 g/mol. The van der Waals surface area contributed by atoms with E-state index in [4.69, 9.17) is 5.41 Å². The summed E-state index contributed by atoms with van der Waals surface area (Å²) in [5.41, 5.74) is 0.388. The summed E-state index contributed by atoms with van der Waals surface area (Å²) in [7, 11) is 0. The molecule has 64 valence electrons. The molecule has 0 aliphatic carbocycles. The molecule has 1 aromatic heterocycles. The van der Waals surface area contributed by atoms with E-state index in [1.165, 1.54) is 11.3 Å². The van der Waals surface area contributed by atoms with Gasteiger partial charge in [0.25, 0.3) is 0 Å². The molecule has 0 aromatic carbocycles. The van der Waals surface area contributed by atoms with Gasteiger partial charge in [0.2, 0.25) is 5.78 Å². The minimum atomic E-state index is -0.321. The molecule has 0 radical (unpaired) electrons. The monoisotopic (exact) mass is 182 g/mol. The van der Waals surface area contributed by atoms with Crippen molar-refractivity contribution in [2.75, 3.05) is 0 Å². The standard InChI is InChI=1S/C8H10N2OS/c1-5(2)8-10-6(4-12-8)7(11)3-9/h3-5,9H,1-2H3. The topological polar surface area (TPSA) is 53.8 Å². The summed E-state index contributed by atoms with van der Waals surface area (Å²) >= 11 is 1.47. The zero-order valence-electron chi connectivity index (χ0n) is 7.00. The Morgan fingerprint density at radius 3 is 2.83 bits per heavy atom. The first-order valence-corrected chi connectivity index (χ1v) is 4.53. The number of nitrogens with one attached hydrogen (secondary N) is 1. The van der Waals surface area contributed by atoms with E-state index < -0.39 is 0 Å². The summed E-state index contributed by atoms with van der Waals surface area (Å²) in [4.78, 5) is 15.0. The van der Waals surface area contributed by atoms with Gasteiger partial charge in [0.1, 0.15) is 5.69 Å². The first-order chi connectivity index (χ1) is 5.65. The highest BCUT2D eigenvalue weighted by Crippen LogP contribution is 2.18. The van der Waals surface area contributed by atoms with Crippen LogP contribution in [0, 0.1) is 5.41 Å². The van der Waals surface area contributed by atoms with Crippen molar-refractivity contribution in [3.8, 4) is 0 Å². The minimum Gasteiger partial charge on any atom is -0.305 e. The van der Waals surface area contributed by atoms with E-state index in [0.29, 0.717) is 11.6 Å². The molecule has 1 N–H and O–H groups in total. The minimum absolute atomic E-state index is 0.321. The Morgan fingerprint density at radius 1 is 1.75 bits per heavy atom. The molecule has 0 saturated carbocycles. The van der Waals surface area contributed by atoms with Crippen LogP contribution in [0.5, 0.6) is 0 Å². The molecule has 0 bridgehead atoms. The first-order valence-electron chi connectivity index (χ1n) is 3.65. The Hall–Kier alpha value is -1.03. The zero-order chi connectivity index (χ0) is 9.14. The number of carbonyl (C=O) groups is 1. The number of Topliss-reactive ketones (excluding diaryl/α,β-unsaturated/α-hetero) is 1. The molecule has 0 unspecified atom stereocenters. The Labute approximate surface area is 75.0 Å². The van der Waals surface area contributed by atoms with Crippen LogP contribution < -0.4 is 0 Å². The predicted molar refractivity (Wildman–Crippen MR) is 49.3 cm³/mol. The van der Waals surface area contributed by atoms with Crippen LogP contribution >= 0.6 is 11.3 Å². The van der Waals surface area contributed by atoms with E-state index >= 15 is 0 Å². The van der Waals surface area contributed by atoms with Crippen LogP contribution in [0.15, 0.2) is 5.38 Å². The maximum atomic E-state index is 11.0. The van der Waals surface area contributed by atoms with Crippen LogP contribution in [0.1, 0.15) is 35.3 Å². The predicted octanol–water partition coefficient (Wildman–Crippen LogP) is 2.10. The van der Waals surface area contributed by atoms with E-state index in [1.807, 2.05) is 13.8 Å². The first kappa shape index (κ1) is 9.06. The molecule has 0 aliphatic rings. The summed E-state index contributed by atoms with van der Waals surface area (Å²) in [5.74, 6) is 0.0282. The molecular formula is C8H10N2OS. The van der Waals surface area contributed by atoms with Gasteiger partial charge in [0.05, 0.1) is 11.2 Å². The van der Waals surface area contributed by atoms with E-state index in [1.54, 1.807) is 5.38 Å². The van der Waals surface area contributed by atoms with Crippen LogP contribution in [0.25, 0.3) is 0 Å². The summed E-state index contributed by atoms with van der Waals surface area (Å²) in [6.45, 7) is 4.05. The number of ketones is 1. The van der Waals surface area contributed by atoms with Crippen molar-refractivity contribution in [2.24, 2.45) is 0 Å². The van der Waals surface area contributed by atoms with Crippen molar-refractivity contribution in [1.82, 2.24) is 4.98 Å². The lowest BCUT2D eigenvalue weighted by Crippen LogP contribution is -2.00. The smallest absolute Gasteiger partial charge is 0.222 e. The number of hydrogen-bond acceptors (Lipinski definition) is 4. The average Bonchev–Trinajstić information content (AvgIpc) is 2.51. The van der Waals surface area contributed by atoms with Gasteiger partial charge >= 0.3 is 0 Å². The highest BCUT2D eigenvalue weighted by atomic mass is 32.1. The number of rotatable bonds is 3. The normalized spacial score (nSPS) is 10.2. The number of thiazole rings is 1. The maximum Gasteiger partial charge on any atom is 0.222 e. The van der Waals surface area contributed by atoms with Gasteiger partial charge in [-0.05, 0) is 0 Å². The number of nitrogens with zero attached hydrogens (tertiary/aromatic N) is 1. The molecule has 0 saturated heterocycles. The van der Waals surface area contributed by atoms with Crippen molar-refractivity contribution in [3.63, 3.8) is 0 Å². The third-order valence-electron chi connectivity index (χ3n) is 1.40. The fourth-order valence-corrected chi connectivity index (χ4v) is 1.56. The van der Waals surface area contributed by atoms with E-state index in [9.17, 15) is 4.79 Å². The van der Waals surface area contributed by atoms with Crippen LogP contribution in [0.3, 0.4) is 0 Å². The van der Waals surface area contributed by atoms with Gasteiger partial charge in [-0.3, -0.25) is 4.79 Å². The van der Waals surface area contributed by atoms with Crippen LogP contribution in [-0.4, -0.2) is 17.0 Å². The highest BCUT2D eigenvalue weighted by Gasteiger charge is 2.09. The number of carbonyl (C=O) groups excluding carboxylic acids is 1. The molecule has 4 heteroatoms. The van der Waals surface area contributed by atoms with Crippen LogP contribution in [0.2, 0.25) is 0 Å². The summed E-state index contributed by atoms with van der Waals surface area (Å²) in [5, 5.41) is 9.39. The zero-order valence-corrected chi connectivity index (χ0v) is 7.81. The molecule has 12 heavy (non-hydrogen) atoms. The molecule has 0 amide bonds. The van der Waals surface area contributed by atoms with Crippen molar-refractivity contribution < 1.29 is 4.79 Å². The van der Waals surface area contributed by atoms with E-state index in [0.717, 1.165) is 11.2 Å². The lowest BCUT2D eigenvalue weighted by atomic mass is 10.2. The van der Waals surface area contributed by atoms with E-state index in [-0.39, 0.29) is 5.78 Å². The van der Waals surface area contributed by atoms with Crippen molar-refractivity contribution in [2.45, 2.75) is 19.8 Å². The Kier molecular flexibility index (Phi) is 2.70. The van der Waals surface area contributed by atoms with Crippen molar-refractivity contribution in [3.05, 3.63) is 16.1 Å². The summed E-state index contributed by atoms with van der Waals surface area (Å²) in [6, 6.07) is 0. The maximum absolute atomic E-state index is 11.0. The lowest BCUT2D eigenvalue weighted by Gasteiger charge is -1.95. The van der Waals surface area contributed by atoms with Crippen LogP contribution in [-0.2, 0) is 0 Å². The second-order valence-corrected chi connectivity index (χ2v) is 3.62. The second kappa shape index (κ2) is 3.58. The largest absolute Gasteiger partial charge is 0.305 e. The fraction of sp³-hybridized carbons (Fsp3) is 0.375. The Morgan fingerprint density at radius 2 is 2.42 bits per heavy atom. The van der Waals surface area contributed by atoms with Gasteiger partial charge in [-0.15, -0.1) is 11.3 Å². The Balaban J connectivity index is 2.91. The van der Waals surface area contributed by atoms with Gasteiger partial charge in [0, 0.05) is 11.3 Å². The van der Waals surface area contributed by atoms with Crippen LogP contribution in [0.4, 0.5) is 0 Å². The molecule has 1 aromatic rings. The quantitative estimate of drug-likeness (QED) is 0.575. The molecule has 0 fully saturated rings. The lowest BCUT2D eigenvalue weighted by molar-refractivity contribution is 0.106. The summed E-state index contributed by atoms with van der Waals surface area (Å²) in [6.07, 6.45) is 0.791. The average molecular weight is 182 g/mol. The number of hydrogen-bond donors (Lipinski definition) is 1. The Bertz CT molecular complexity index is 304. The third-order valence-corrected chi connectivity index (χ3v) is 2.54. The molecule has 0 aliphatic heterocycles. The van der Waals surface area contributed by atoms with Gasteiger partial charge in [-0.2, -0.15) is 0 Å². The second-order valence-electron chi connectivity index (χ2n) is 2.73. The summed E-state index contributed by atoms with van der Waals surface area (Å²) < 4.78 is 0. The van der Waals surface area contributed by atoms with Gasteiger partial charge in [-0.25, -0.2) is 4.98 Å². The van der Waals surface area contributed by atoms with E-state index in [2.05, 4.69) is 4.98 Å².